The molecule has 0 aliphatic heterocycles. The van der Waals surface area contributed by atoms with Crippen LogP contribution in [0, 0.1) is 0 Å². The average molecular weight is 683 g/mol. The van der Waals surface area contributed by atoms with Crippen molar-refractivity contribution in [2.45, 2.75) is 132 Å². The number of carbonyl (C=O) groups excluding carboxylic acids is 1. The number of rotatable bonds is 12. The van der Waals surface area contributed by atoms with E-state index in [1.165, 1.54) is 25.7 Å². The number of hydrogen-bond donors (Lipinski definition) is 2. The Morgan fingerprint density at radius 2 is 1.00 bits per heavy atom. The molecule has 2 aromatic rings. The van der Waals surface area contributed by atoms with E-state index in [0.717, 1.165) is 85.5 Å². The molecule has 9 heteroatoms. The molecule has 0 bridgehead atoms. The van der Waals surface area contributed by atoms with E-state index in [0.29, 0.717) is 31.5 Å². The maximum Gasteiger partial charge on any atom is 0.167 e. The van der Waals surface area contributed by atoms with Crippen LogP contribution in [0.4, 0.5) is 0 Å². The predicted octanol–water partition coefficient (Wildman–Crippen LogP) is 7.20. The van der Waals surface area contributed by atoms with Gasteiger partial charge in [-0.3, -0.25) is 4.79 Å². The van der Waals surface area contributed by atoms with Crippen molar-refractivity contribution in [3.05, 3.63) is 47.5 Å². The lowest BCUT2D eigenvalue weighted by Crippen LogP contribution is -2.45. The van der Waals surface area contributed by atoms with Gasteiger partial charge in [-0.25, -0.2) is 0 Å². The summed E-state index contributed by atoms with van der Waals surface area (Å²) in [5, 5.41) is 20.3. The molecular formula is C40H58O9. The van der Waals surface area contributed by atoms with Crippen molar-refractivity contribution in [3.63, 3.8) is 0 Å². The maximum absolute atomic E-state index is 11.6. The van der Waals surface area contributed by atoms with E-state index in [-0.39, 0.29) is 36.3 Å². The zero-order chi connectivity index (χ0) is 34.9. The zero-order valence-electron chi connectivity index (χ0n) is 30.1. The van der Waals surface area contributed by atoms with Crippen LogP contribution in [-0.4, -0.2) is 75.6 Å². The first-order chi connectivity index (χ1) is 23.8. The number of carbonyl (C=O) groups is 1. The van der Waals surface area contributed by atoms with Gasteiger partial charge in [-0.1, -0.05) is 12.1 Å². The van der Waals surface area contributed by atoms with E-state index < -0.39 is 5.79 Å². The van der Waals surface area contributed by atoms with Crippen LogP contribution in [-0.2, 0) is 25.1 Å². The third-order valence-corrected chi connectivity index (χ3v) is 11.8. The SMILES string of the molecule is COc1ccc(C2(CO)CCC(=O)CC2)cc1OC1CCCC1.COc1ccc(C2(CO)CCC(OC)(OC)CC2)cc1OC1CCCC1. The Bertz CT molecular complexity index is 1340. The summed E-state index contributed by atoms with van der Waals surface area (Å²) in [6.45, 7) is 0.168. The first-order valence-electron chi connectivity index (χ1n) is 18.3. The normalized spacial score (nSPS) is 21.9. The molecule has 0 heterocycles. The highest BCUT2D eigenvalue weighted by atomic mass is 16.7. The summed E-state index contributed by atoms with van der Waals surface area (Å²) in [5.41, 5.74) is 1.55. The molecule has 272 valence electrons. The summed E-state index contributed by atoms with van der Waals surface area (Å²) < 4.78 is 34.6. The fourth-order valence-electron chi connectivity index (χ4n) is 8.25. The van der Waals surface area contributed by atoms with Crippen LogP contribution in [0.2, 0.25) is 0 Å². The Balaban J connectivity index is 0.000000192. The number of ether oxygens (including phenoxy) is 6. The van der Waals surface area contributed by atoms with E-state index in [1.807, 2.05) is 24.3 Å². The Kier molecular flexibility index (Phi) is 12.9. The van der Waals surface area contributed by atoms with Gasteiger partial charge in [-0.05, 0) is 112 Å². The van der Waals surface area contributed by atoms with Crippen LogP contribution in [0.5, 0.6) is 23.0 Å². The zero-order valence-corrected chi connectivity index (χ0v) is 30.1. The Morgan fingerprint density at radius 1 is 0.592 bits per heavy atom. The first kappa shape index (κ1) is 37.4. The van der Waals surface area contributed by atoms with Gasteiger partial charge in [0, 0.05) is 50.7 Å². The lowest BCUT2D eigenvalue weighted by Gasteiger charge is -2.44. The molecule has 0 aromatic heterocycles. The molecule has 2 aromatic carbocycles. The topological polar surface area (TPSA) is 113 Å². The number of methoxy groups -OCH3 is 4. The van der Waals surface area contributed by atoms with E-state index in [2.05, 4.69) is 12.1 Å². The third kappa shape index (κ3) is 8.55. The minimum absolute atomic E-state index is 0.0650. The largest absolute Gasteiger partial charge is 0.493 e. The van der Waals surface area contributed by atoms with Crippen molar-refractivity contribution in [2.24, 2.45) is 0 Å². The number of hydrogen-bond acceptors (Lipinski definition) is 9. The van der Waals surface area contributed by atoms with Crippen LogP contribution in [0.3, 0.4) is 0 Å². The summed E-state index contributed by atoms with van der Waals surface area (Å²) in [4.78, 5) is 11.6. The van der Waals surface area contributed by atoms with Gasteiger partial charge in [-0.15, -0.1) is 0 Å². The standard InChI is InChI=1S/C21H32O5.C19H26O4/c1-23-18-9-8-16(14-19(18)26-17-6-4-5-7-17)20(15-22)10-12-21(24-2,25-3)13-11-20;1-22-17-7-6-14(12-18(17)23-16-4-2-3-5-16)19(13-20)10-8-15(21)9-11-19/h8-9,14,17,22H,4-7,10-13,15H2,1-3H3;6-7,12,16,20H,2-5,8-11,13H2,1H3. The molecule has 0 saturated heterocycles. The highest BCUT2D eigenvalue weighted by molar-refractivity contribution is 5.79. The quantitative estimate of drug-likeness (QED) is 0.225. The van der Waals surface area contributed by atoms with E-state index in [4.69, 9.17) is 28.4 Å². The number of Topliss-reactive ketones (excluding diaryl/α,β-unsaturated/α-hetero) is 1. The van der Waals surface area contributed by atoms with E-state index in [1.54, 1.807) is 28.4 Å². The van der Waals surface area contributed by atoms with Crippen molar-refractivity contribution in [3.8, 4) is 23.0 Å². The molecule has 4 saturated carbocycles. The number of aliphatic hydroxyl groups excluding tert-OH is 2. The van der Waals surface area contributed by atoms with Crippen molar-refractivity contribution in [1.29, 1.82) is 0 Å². The third-order valence-electron chi connectivity index (χ3n) is 11.8. The van der Waals surface area contributed by atoms with Crippen molar-refractivity contribution < 1.29 is 43.4 Å². The maximum atomic E-state index is 11.6. The van der Waals surface area contributed by atoms with Gasteiger partial charge in [0.2, 0.25) is 0 Å². The summed E-state index contributed by atoms with van der Waals surface area (Å²) in [7, 11) is 6.70. The highest BCUT2D eigenvalue weighted by Crippen LogP contribution is 2.47. The average Bonchev–Trinajstić information content (AvgIpc) is 3.87. The molecule has 4 fully saturated rings. The molecular weight excluding hydrogens is 624 g/mol. The highest BCUT2D eigenvalue weighted by Gasteiger charge is 2.44. The van der Waals surface area contributed by atoms with Crippen LogP contribution in [0.1, 0.15) is 114 Å². The Labute approximate surface area is 292 Å². The van der Waals surface area contributed by atoms with Crippen molar-refractivity contribution >= 4 is 5.78 Å². The van der Waals surface area contributed by atoms with Gasteiger partial charge in [-0.2, -0.15) is 0 Å². The second-order valence-corrected chi connectivity index (χ2v) is 14.5. The predicted molar refractivity (Wildman–Crippen MR) is 188 cm³/mol. The van der Waals surface area contributed by atoms with Crippen LogP contribution >= 0.6 is 0 Å². The molecule has 4 aliphatic carbocycles. The molecule has 0 atom stereocenters. The molecule has 0 radical (unpaired) electrons. The Morgan fingerprint density at radius 3 is 1.37 bits per heavy atom. The second kappa shape index (κ2) is 16.9. The fraction of sp³-hybridized carbons (Fsp3) is 0.675. The smallest absolute Gasteiger partial charge is 0.167 e. The van der Waals surface area contributed by atoms with E-state index >= 15 is 0 Å². The van der Waals surface area contributed by atoms with Gasteiger partial charge >= 0.3 is 0 Å². The minimum atomic E-state index is -0.533. The minimum Gasteiger partial charge on any atom is -0.493 e. The van der Waals surface area contributed by atoms with Gasteiger partial charge in [0.25, 0.3) is 0 Å². The summed E-state index contributed by atoms with van der Waals surface area (Å²) in [5.74, 6) is 2.81. The summed E-state index contributed by atoms with van der Waals surface area (Å²) in [6.07, 6.45) is 15.4. The van der Waals surface area contributed by atoms with Gasteiger partial charge in [0.05, 0.1) is 39.6 Å². The number of benzene rings is 2. The molecule has 4 aliphatic rings. The van der Waals surface area contributed by atoms with E-state index in [9.17, 15) is 15.0 Å². The van der Waals surface area contributed by atoms with Crippen molar-refractivity contribution in [1.82, 2.24) is 0 Å². The number of aliphatic hydroxyl groups is 2. The lowest BCUT2D eigenvalue weighted by atomic mass is 9.68. The molecule has 0 spiro atoms. The molecule has 0 amide bonds. The van der Waals surface area contributed by atoms with Gasteiger partial charge in [0.1, 0.15) is 5.78 Å². The van der Waals surface area contributed by atoms with Crippen molar-refractivity contribution in [2.75, 3.05) is 41.7 Å². The second-order valence-electron chi connectivity index (χ2n) is 14.5. The molecule has 49 heavy (non-hydrogen) atoms. The fourth-order valence-corrected chi connectivity index (χ4v) is 8.25. The molecule has 6 rings (SSSR count). The lowest BCUT2D eigenvalue weighted by molar-refractivity contribution is -0.230. The summed E-state index contributed by atoms with van der Waals surface area (Å²) in [6, 6.07) is 12.0. The van der Waals surface area contributed by atoms with Gasteiger partial charge in [0.15, 0.2) is 28.8 Å². The van der Waals surface area contributed by atoms with Crippen LogP contribution in [0.25, 0.3) is 0 Å². The molecule has 2 N–H and O–H groups in total. The monoisotopic (exact) mass is 682 g/mol. The molecule has 9 nitrogen and oxygen atoms in total. The first-order valence-corrected chi connectivity index (χ1v) is 18.3. The summed E-state index contributed by atoms with van der Waals surface area (Å²) >= 11 is 0. The molecule has 0 unspecified atom stereocenters. The Hall–Kier alpha value is -2.85. The van der Waals surface area contributed by atoms with Crippen LogP contribution < -0.4 is 18.9 Å². The number of ketones is 1. The van der Waals surface area contributed by atoms with Crippen LogP contribution in [0.15, 0.2) is 36.4 Å². The van der Waals surface area contributed by atoms with Gasteiger partial charge < -0.3 is 38.6 Å².